The Morgan fingerprint density at radius 2 is 1.80 bits per heavy atom. The van der Waals surface area contributed by atoms with Crippen molar-refractivity contribution in [1.29, 1.82) is 0 Å². The van der Waals surface area contributed by atoms with Gasteiger partial charge >= 0.3 is 0 Å². The minimum atomic E-state index is -0.170. The van der Waals surface area contributed by atoms with Gasteiger partial charge in [-0.15, -0.1) is 0 Å². The Bertz CT molecular complexity index is 1380. The average Bonchev–Trinajstić information content (AvgIpc) is 3.35. The third-order valence-electron chi connectivity index (χ3n) is 5.53. The number of carbonyl (C=O) groups is 1. The number of rotatable bonds is 7. The number of hydrogen-bond acceptors (Lipinski definition) is 8. The van der Waals surface area contributed by atoms with E-state index in [1.807, 2.05) is 54.6 Å². The second kappa shape index (κ2) is 10.1. The van der Waals surface area contributed by atoms with Gasteiger partial charge in [0.05, 0.1) is 5.69 Å². The number of nitrogens with zero attached hydrogens (tertiary/aromatic N) is 6. The molecule has 1 amide bonds. The van der Waals surface area contributed by atoms with Crippen molar-refractivity contribution in [2.24, 2.45) is 0 Å². The lowest BCUT2D eigenvalue weighted by molar-refractivity contribution is -0.122. The summed E-state index contributed by atoms with van der Waals surface area (Å²) < 4.78 is 5.57. The normalized spacial score (nSPS) is 12.5. The molecule has 174 valence electrons. The Labute approximate surface area is 202 Å². The first kappa shape index (κ1) is 22.1. The van der Waals surface area contributed by atoms with E-state index in [0.29, 0.717) is 36.3 Å². The molecule has 0 unspecified atom stereocenters. The molecule has 0 bridgehead atoms. The number of benzene rings is 1. The van der Waals surface area contributed by atoms with Crippen molar-refractivity contribution < 1.29 is 9.53 Å². The van der Waals surface area contributed by atoms with E-state index in [1.165, 1.54) is 5.56 Å². The summed E-state index contributed by atoms with van der Waals surface area (Å²) in [4.78, 5) is 35.8. The molecule has 5 rings (SSSR count). The van der Waals surface area contributed by atoms with Crippen LogP contribution in [0.5, 0.6) is 5.75 Å². The highest BCUT2D eigenvalue weighted by Gasteiger charge is 2.22. The Kier molecular flexibility index (Phi) is 6.38. The van der Waals surface area contributed by atoms with Crippen LogP contribution in [0.4, 0.5) is 5.95 Å². The Morgan fingerprint density at radius 1 is 0.971 bits per heavy atom. The largest absolute Gasteiger partial charge is 0.484 e. The van der Waals surface area contributed by atoms with Crippen molar-refractivity contribution >= 4 is 24.0 Å². The molecule has 9 nitrogen and oxygen atoms in total. The second-order valence-corrected chi connectivity index (χ2v) is 7.91. The monoisotopic (exact) mass is 465 g/mol. The third kappa shape index (κ3) is 5.30. The average molecular weight is 466 g/mol. The van der Waals surface area contributed by atoms with Gasteiger partial charge < -0.3 is 15.0 Å². The smallest absolute Gasteiger partial charge is 0.257 e. The van der Waals surface area contributed by atoms with Crippen molar-refractivity contribution in [3.8, 4) is 17.3 Å². The van der Waals surface area contributed by atoms with Gasteiger partial charge in [-0.2, -0.15) is 0 Å². The molecule has 1 aliphatic rings. The second-order valence-electron chi connectivity index (χ2n) is 7.91. The number of amides is 1. The van der Waals surface area contributed by atoms with Crippen LogP contribution in [-0.4, -0.2) is 44.5 Å². The highest BCUT2D eigenvalue weighted by molar-refractivity contribution is 5.77. The molecule has 0 radical (unpaired) electrons. The number of nitrogens with one attached hydrogen (secondary N) is 1. The van der Waals surface area contributed by atoms with Gasteiger partial charge in [0.2, 0.25) is 5.95 Å². The van der Waals surface area contributed by atoms with E-state index in [0.717, 1.165) is 16.8 Å². The van der Waals surface area contributed by atoms with Gasteiger partial charge in [0.1, 0.15) is 11.4 Å². The standard InChI is InChI=1S/C26H23N7O2/c1-27-24(34)17-35-22-5-3-19-15-33(16-20(19)14-22)26-30-13-9-23(32-26)25-29-12-8-21(31-25)4-2-18-6-10-28-11-7-18/h2-14H,15-17H2,1H3,(H,27,34)/b4-2+. The lowest BCUT2D eigenvalue weighted by atomic mass is 10.1. The van der Waals surface area contributed by atoms with Gasteiger partial charge in [0, 0.05) is 44.9 Å². The molecular weight excluding hydrogens is 442 g/mol. The fraction of sp³-hybridized carbons (Fsp3) is 0.154. The molecule has 0 atom stereocenters. The highest BCUT2D eigenvalue weighted by Crippen LogP contribution is 2.29. The zero-order chi connectivity index (χ0) is 24.0. The van der Waals surface area contributed by atoms with Crippen LogP contribution >= 0.6 is 0 Å². The summed E-state index contributed by atoms with van der Waals surface area (Å²) in [6, 6.07) is 13.4. The summed E-state index contributed by atoms with van der Waals surface area (Å²) >= 11 is 0. The molecule has 0 saturated heterocycles. The van der Waals surface area contributed by atoms with E-state index in [9.17, 15) is 4.79 Å². The van der Waals surface area contributed by atoms with Gasteiger partial charge in [-0.1, -0.05) is 12.1 Å². The summed E-state index contributed by atoms with van der Waals surface area (Å²) in [5, 5.41) is 2.55. The van der Waals surface area contributed by atoms with Gasteiger partial charge in [-0.05, 0) is 59.2 Å². The molecule has 1 aromatic carbocycles. The first-order valence-electron chi connectivity index (χ1n) is 11.1. The summed E-state index contributed by atoms with van der Waals surface area (Å²) in [6.45, 7) is 1.32. The van der Waals surface area contributed by atoms with Crippen LogP contribution in [0.15, 0.2) is 67.3 Å². The molecule has 0 aliphatic carbocycles. The number of anilines is 1. The minimum Gasteiger partial charge on any atom is -0.484 e. The van der Waals surface area contributed by atoms with Crippen LogP contribution in [0.2, 0.25) is 0 Å². The van der Waals surface area contributed by atoms with Crippen molar-refractivity contribution in [2.45, 2.75) is 13.1 Å². The van der Waals surface area contributed by atoms with Crippen LogP contribution in [0.1, 0.15) is 22.4 Å². The number of likely N-dealkylation sites (N-methyl/N-ethyl adjacent to an activating group) is 1. The highest BCUT2D eigenvalue weighted by atomic mass is 16.5. The zero-order valence-corrected chi connectivity index (χ0v) is 19.1. The maximum absolute atomic E-state index is 11.5. The molecule has 0 spiro atoms. The molecule has 4 aromatic rings. The Balaban J connectivity index is 1.31. The van der Waals surface area contributed by atoms with Crippen LogP contribution in [-0.2, 0) is 17.9 Å². The fourth-order valence-corrected chi connectivity index (χ4v) is 3.69. The third-order valence-corrected chi connectivity index (χ3v) is 5.53. The predicted octanol–water partition coefficient (Wildman–Crippen LogP) is 3.14. The van der Waals surface area contributed by atoms with Gasteiger partial charge in [0.15, 0.2) is 12.4 Å². The van der Waals surface area contributed by atoms with Crippen LogP contribution in [0.25, 0.3) is 23.7 Å². The number of aromatic nitrogens is 5. The molecule has 1 aliphatic heterocycles. The summed E-state index contributed by atoms with van der Waals surface area (Å²) in [7, 11) is 1.58. The van der Waals surface area contributed by atoms with Crippen LogP contribution in [0.3, 0.4) is 0 Å². The van der Waals surface area contributed by atoms with Crippen LogP contribution in [0, 0.1) is 0 Å². The van der Waals surface area contributed by atoms with E-state index < -0.39 is 0 Å². The van der Waals surface area contributed by atoms with Crippen molar-refractivity contribution in [3.05, 3.63) is 89.6 Å². The lowest BCUT2D eigenvalue weighted by Gasteiger charge is -2.15. The first-order valence-corrected chi connectivity index (χ1v) is 11.1. The Morgan fingerprint density at radius 3 is 2.66 bits per heavy atom. The topological polar surface area (TPSA) is 106 Å². The van der Waals surface area contributed by atoms with E-state index >= 15 is 0 Å². The summed E-state index contributed by atoms with van der Waals surface area (Å²) in [5.41, 5.74) is 4.77. The maximum atomic E-state index is 11.5. The lowest BCUT2D eigenvalue weighted by Crippen LogP contribution is -2.24. The maximum Gasteiger partial charge on any atom is 0.257 e. The molecule has 4 heterocycles. The molecule has 3 aromatic heterocycles. The van der Waals surface area contributed by atoms with Gasteiger partial charge in [-0.3, -0.25) is 9.78 Å². The molecule has 0 saturated carbocycles. The predicted molar refractivity (Wildman–Crippen MR) is 132 cm³/mol. The molecule has 0 fully saturated rings. The number of pyridine rings is 1. The zero-order valence-electron chi connectivity index (χ0n) is 19.1. The van der Waals surface area contributed by atoms with Gasteiger partial charge in [0.25, 0.3) is 5.91 Å². The number of carbonyl (C=O) groups excluding carboxylic acids is 1. The number of fused-ring (bicyclic) bond motifs is 1. The van der Waals surface area contributed by atoms with E-state index in [4.69, 9.17) is 9.72 Å². The number of hydrogen-bond donors (Lipinski definition) is 1. The van der Waals surface area contributed by atoms with E-state index in [2.05, 4.69) is 30.2 Å². The molecule has 9 heteroatoms. The SMILES string of the molecule is CNC(=O)COc1ccc2c(c1)CN(c1nccc(-c3nccc(/C=C/c4ccncc4)n3)n1)C2. The van der Waals surface area contributed by atoms with Gasteiger partial charge in [-0.25, -0.2) is 19.9 Å². The molecule has 1 N–H and O–H groups in total. The summed E-state index contributed by atoms with van der Waals surface area (Å²) in [6.07, 6.45) is 10.9. The van der Waals surface area contributed by atoms with Crippen molar-refractivity contribution in [2.75, 3.05) is 18.6 Å². The van der Waals surface area contributed by atoms with Crippen molar-refractivity contribution in [3.63, 3.8) is 0 Å². The van der Waals surface area contributed by atoms with Crippen molar-refractivity contribution in [1.82, 2.24) is 30.2 Å². The summed E-state index contributed by atoms with van der Waals surface area (Å²) in [5.74, 6) is 1.63. The van der Waals surface area contributed by atoms with E-state index in [1.54, 1.807) is 31.8 Å². The first-order chi connectivity index (χ1) is 17.2. The number of ether oxygens (including phenoxy) is 1. The minimum absolute atomic E-state index is 0.0129. The fourth-order valence-electron chi connectivity index (χ4n) is 3.69. The Hall–Kier alpha value is -4.66. The molecular formula is C26H23N7O2. The quantitative estimate of drug-likeness (QED) is 0.444. The molecule has 35 heavy (non-hydrogen) atoms. The van der Waals surface area contributed by atoms with E-state index in [-0.39, 0.29) is 12.5 Å². The van der Waals surface area contributed by atoms with Crippen LogP contribution < -0.4 is 15.0 Å².